The van der Waals surface area contributed by atoms with Crippen LogP contribution in [0.2, 0.25) is 0 Å². The van der Waals surface area contributed by atoms with Crippen LogP contribution in [-0.2, 0) is 11.3 Å². The third-order valence-corrected chi connectivity index (χ3v) is 7.49. The van der Waals surface area contributed by atoms with Crippen molar-refractivity contribution in [2.45, 2.75) is 52.3 Å². The quantitative estimate of drug-likeness (QED) is 0.721. The molecule has 1 amide bonds. The normalized spacial score (nSPS) is 30.5. The summed E-state index contributed by atoms with van der Waals surface area (Å²) in [6.07, 6.45) is 1.44. The lowest BCUT2D eigenvalue weighted by Gasteiger charge is -2.44. The van der Waals surface area contributed by atoms with E-state index in [1.165, 1.54) is 6.92 Å². The Morgan fingerprint density at radius 2 is 1.70 bits per heavy atom. The Hall–Kier alpha value is -1.77. The summed E-state index contributed by atoms with van der Waals surface area (Å²) in [7, 11) is 2.15. The molecule has 2 saturated heterocycles. The Kier molecular flexibility index (Phi) is 6.01. The smallest absolute Gasteiger partial charge is 0.244 e. The molecule has 3 aliphatic rings. The number of amides is 1. The zero-order chi connectivity index (χ0) is 21.6. The predicted molar refractivity (Wildman–Crippen MR) is 113 cm³/mol. The Morgan fingerprint density at radius 1 is 1.07 bits per heavy atom. The lowest BCUT2D eigenvalue weighted by Crippen LogP contribution is -2.55. The number of hydrogen-bond donors (Lipinski definition) is 1. The minimum Gasteiger partial charge on any atom is -0.391 e. The molecule has 0 spiro atoms. The number of nitrogens with zero attached hydrogens (tertiary/aromatic N) is 5. The highest BCUT2D eigenvalue weighted by Crippen LogP contribution is 2.38. The van der Waals surface area contributed by atoms with E-state index in [1.54, 1.807) is 4.68 Å². The molecule has 8 nitrogen and oxygen atoms in total. The minimum absolute atomic E-state index is 0.0140. The van der Waals surface area contributed by atoms with Gasteiger partial charge in [0.1, 0.15) is 6.54 Å². The molecule has 1 saturated carbocycles. The van der Waals surface area contributed by atoms with Crippen LogP contribution in [0.25, 0.3) is 0 Å². The number of aromatic nitrogens is 2. The van der Waals surface area contributed by atoms with Gasteiger partial charge in [-0.15, -0.1) is 0 Å². The standard InChI is InChI=1S/C22H35N5O3/c1-14-22(16(3)28)15(2)27(23-14)13-21(30)26-11-17-9-19(20(29)10-18(17)12-26)25-7-5-24(4)6-8-25/h17-20,29H,5-13H2,1-4H3/t17-,18+,19-,20-/m1/s1. The first-order valence-electron chi connectivity index (χ1n) is 11.2. The van der Waals surface area contributed by atoms with Crippen LogP contribution < -0.4 is 0 Å². The zero-order valence-corrected chi connectivity index (χ0v) is 18.7. The van der Waals surface area contributed by atoms with Gasteiger partial charge in [-0.1, -0.05) is 0 Å². The second kappa shape index (κ2) is 8.40. The van der Waals surface area contributed by atoms with Gasteiger partial charge in [-0.05, 0) is 52.5 Å². The van der Waals surface area contributed by atoms with Gasteiger partial charge in [0, 0.05) is 51.0 Å². The molecular weight excluding hydrogens is 382 g/mol. The van der Waals surface area contributed by atoms with Gasteiger partial charge in [-0.2, -0.15) is 5.10 Å². The number of piperazine rings is 1. The first-order valence-corrected chi connectivity index (χ1v) is 11.2. The van der Waals surface area contributed by atoms with E-state index in [0.29, 0.717) is 23.1 Å². The molecule has 4 atom stereocenters. The molecule has 0 radical (unpaired) electrons. The van der Waals surface area contributed by atoms with Crippen LogP contribution in [0.4, 0.5) is 0 Å². The van der Waals surface area contributed by atoms with Crippen molar-refractivity contribution >= 4 is 11.7 Å². The van der Waals surface area contributed by atoms with Crippen molar-refractivity contribution < 1.29 is 14.7 Å². The topological polar surface area (TPSA) is 81.9 Å². The Bertz CT molecular complexity index is 814. The number of hydrogen-bond acceptors (Lipinski definition) is 6. The van der Waals surface area contributed by atoms with Gasteiger partial charge in [0.25, 0.3) is 0 Å². The number of aliphatic hydroxyl groups is 1. The van der Waals surface area contributed by atoms with E-state index in [2.05, 4.69) is 21.9 Å². The number of ketones is 1. The fraction of sp³-hybridized carbons (Fsp3) is 0.773. The van der Waals surface area contributed by atoms with Crippen molar-refractivity contribution in [1.82, 2.24) is 24.5 Å². The highest BCUT2D eigenvalue weighted by Gasteiger charge is 2.44. The first-order chi connectivity index (χ1) is 14.2. The number of Topliss-reactive ketones (excluding diaryl/α,β-unsaturated/α-hetero) is 1. The number of rotatable bonds is 4. The fourth-order valence-electron chi connectivity index (χ4n) is 5.75. The van der Waals surface area contributed by atoms with Crippen LogP contribution >= 0.6 is 0 Å². The van der Waals surface area contributed by atoms with Gasteiger partial charge >= 0.3 is 0 Å². The van der Waals surface area contributed by atoms with E-state index >= 15 is 0 Å². The molecule has 0 bridgehead atoms. The largest absolute Gasteiger partial charge is 0.391 e. The minimum atomic E-state index is -0.307. The van der Waals surface area contributed by atoms with Crippen LogP contribution in [0.3, 0.4) is 0 Å². The molecule has 1 aromatic rings. The van der Waals surface area contributed by atoms with Crippen molar-refractivity contribution in [2.75, 3.05) is 46.3 Å². The molecule has 30 heavy (non-hydrogen) atoms. The van der Waals surface area contributed by atoms with Gasteiger partial charge in [-0.3, -0.25) is 19.2 Å². The van der Waals surface area contributed by atoms with E-state index in [-0.39, 0.29) is 30.4 Å². The van der Waals surface area contributed by atoms with E-state index in [0.717, 1.165) is 57.8 Å². The average Bonchev–Trinajstić information content (AvgIpc) is 3.22. The highest BCUT2D eigenvalue weighted by molar-refractivity contribution is 5.96. The summed E-state index contributed by atoms with van der Waals surface area (Å²) in [5.74, 6) is 0.867. The number of aliphatic hydroxyl groups excluding tert-OH is 1. The molecule has 4 rings (SSSR count). The summed E-state index contributed by atoms with van der Waals surface area (Å²) in [5.41, 5.74) is 2.06. The molecule has 3 fully saturated rings. The highest BCUT2D eigenvalue weighted by atomic mass is 16.3. The molecule has 1 N–H and O–H groups in total. The van der Waals surface area contributed by atoms with Gasteiger partial charge in [0.05, 0.1) is 17.4 Å². The summed E-state index contributed by atoms with van der Waals surface area (Å²) >= 11 is 0. The van der Waals surface area contributed by atoms with Crippen LogP contribution in [0.1, 0.15) is 41.5 Å². The van der Waals surface area contributed by atoms with Gasteiger partial charge < -0.3 is 14.9 Å². The van der Waals surface area contributed by atoms with Gasteiger partial charge in [-0.25, -0.2) is 0 Å². The van der Waals surface area contributed by atoms with Gasteiger partial charge in [0.2, 0.25) is 5.91 Å². The molecule has 1 aromatic heterocycles. The average molecular weight is 418 g/mol. The van der Waals surface area contributed by atoms with Crippen molar-refractivity contribution in [3.63, 3.8) is 0 Å². The second-order valence-corrected chi connectivity index (χ2v) is 9.52. The van der Waals surface area contributed by atoms with Crippen molar-refractivity contribution in [2.24, 2.45) is 11.8 Å². The van der Waals surface area contributed by atoms with E-state index in [9.17, 15) is 14.7 Å². The van der Waals surface area contributed by atoms with Crippen molar-refractivity contribution in [3.8, 4) is 0 Å². The number of aryl methyl sites for hydroxylation is 1. The molecule has 166 valence electrons. The number of carbonyl (C=O) groups excluding carboxylic acids is 2. The number of likely N-dealkylation sites (tertiary alicyclic amines) is 1. The molecule has 1 aliphatic carbocycles. The summed E-state index contributed by atoms with van der Waals surface area (Å²) in [6.45, 7) is 11.0. The van der Waals surface area contributed by atoms with E-state index in [1.807, 2.05) is 18.7 Å². The molecule has 8 heteroatoms. The third kappa shape index (κ3) is 4.05. The molecular formula is C22H35N5O3. The van der Waals surface area contributed by atoms with Crippen LogP contribution in [0.5, 0.6) is 0 Å². The predicted octanol–water partition coefficient (Wildman–Crippen LogP) is 0.548. The third-order valence-electron chi connectivity index (χ3n) is 7.49. The van der Waals surface area contributed by atoms with Gasteiger partial charge in [0.15, 0.2) is 5.78 Å². The zero-order valence-electron chi connectivity index (χ0n) is 18.7. The van der Waals surface area contributed by atoms with Crippen LogP contribution in [0, 0.1) is 25.7 Å². The first kappa shape index (κ1) is 21.5. The number of carbonyl (C=O) groups is 2. The molecule has 0 aromatic carbocycles. The molecule has 2 aliphatic heterocycles. The van der Waals surface area contributed by atoms with Crippen molar-refractivity contribution in [1.29, 1.82) is 0 Å². The number of fused-ring (bicyclic) bond motifs is 1. The maximum atomic E-state index is 13.0. The maximum Gasteiger partial charge on any atom is 0.244 e. The maximum absolute atomic E-state index is 13.0. The summed E-state index contributed by atoms with van der Waals surface area (Å²) in [6, 6.07) is 0.212. The lowest BCUT2D eigenvalue weighted by molar-refractivity contribution is -0.131. The Balaban J connectivity index is 1.39. The Labute approximate surface area is 178 Å². The Morgan fingerprint density at radius 3 is 2.30 bits per heavy atom. The summed E-state index contributed by atoms with van der Waals surface area (Å²) < 4.78 is 1.66. The second-order valence-electron chi connectivity index (χ2n) is 9.52. The SMILES string of the molecule is CC(=O)c1c(C)nn(CC(=O)N2C[C@H]3C[C@@H](N4CCN(C)CC4)[C@H](O)C[C@H]3C2)c1C. The van der Waals surface area contributed by atoms with Crippen molar-refractivity contribution in [3.05, 3.63) is 17.0 Å². The van der Waals surface area contributed by atoms with Crippen LogP contribution in [-0.4, -0.2) is 99.7 Å². The monoisotopic (exact) mass is 417 g/mol. The number of likely N-dealkylation sites (N-methyl/N-ethyl adjacent to an activating group) is 1. The molecule has 0 unspecified atom stereocenters. The lowest BCUT2D eigenvalue weighted by atomic mass is 9.77. The van der Waals surface area contributed by atoms with E-state index in [4.69, 9.17) is 0 Å². The fourth-order valence-corrected chi connectivity index (χ4v) is 5.75. The molecule has 3 heterocycles. The summed E-state index contributed by atoms with van der Waals surface area (Å²) in [4.78, 5) is 31.6. The van der Waals surface area contributed by atoms with E-state index < -0.39 is 0 Å². The van der Waals surface area contributed by atoms with Crippen LogP contribution in [0.15, 0.2) is 0 Å². The summed E-state index contributed by atoms with van der Waals surface area (Å²) in [5, 5.41) is 15.2.